The second-order valence-corrected chi connectivity index (χ2v) is 3.77. The lowest BCUT2D eigenvalue weighted by atomic mass is 10.2. The number of rotatable bonds is 5. The van der Waals surface area contributed by atoms with Gasteiger partial charge in [0.2, 0.25) is 5.71 Å². The molecule has 21 heavy (non-hydrogen) atoms. The van der Waals surface area contributed by atoms with E-state index in [4.69, 9.17) is 21.1 Å². The highest BCUT2D eigenvalue weighted by Crippen LogP contribution is 2.22. The summed E-state index contributed by atoms with van der Waals surface area (Å²) in [6, 6.07) is 6.79. The van der Waals surface area contributed by atoms with Crippen LogP contribution in [0.3, 0.4) is 0 Å². The molecule has 0 amide bonds. The first-order valence-corrected chi connectivity index (χ1v) is 5.64. The number of tetrazole rings is 1. The van der Waals surface area contributed by atoms with Gasteiger partial charge in [-0.25, -0.2) is 4.68 Å². The molecule has 4 N–H and O–H groups in total. The zero-order valence-corrected chi connectivity index (χ0v) is 11.0. The van der Waals surface area contributed by atoms with E-state index in [9.17, 15) is 0 Å². The third kappa shape index (κ3) is 3.29. The molecule has 10 heteroatoms. The molecule has 1 aromatic carbocycles. The Hall–Kier alpha value is -3.48. The Morgan fingerprint density at radius 2 is 2.33 bits per heavy atom. The summed E-state index contributed by atoms with van der Waals surface area (Å²) in [7, 11) is 1.52. The fraction of sp³-hybridized carbons (Fsp3) is 0.0909. The Labute approximate surface area is 119 Å². The zero-order chi connectivity index (χ0) is 15.2. The molecule has 0 unspecified atom stereocenters. The number of hydrazone groups is 1. The highest BCUT2D eigenvalue weighted by Gasteiger charge is 2.06. The summed E-state index contributed by atoms with van der Waals surface area (Å²) in [4.78, 5) is 0. The molecule has 10 nitrogen and oxygen atoms in total. The van der Waals surface area contributed by atoms with Crippen LogP contribution in [0.2, 0.25) is 0 Å². The normalized spacial score (nSPS) is 10.8. The van der Waals surface area contributed by atoms with Gasteiger partial charge >= 0.3 is 0 Å². The van der Waals surface area contributed by atoms with Crippen LogP contribution in [0.4, 0.5) is 5.69 Å². The molecule has 0 saturated heterocycles. The topological polar surface area (TPSA) is 151 Å². The van der Waals surface area contributed by atoms with Crippen LogP contribution in [0.15, 0.2) is 29.6 Å². The van der Waals surface area contributed by atoms with Crippen molar-refractivity contribution in [3.8, 4) is 17.5 Å². The van der Waals surface area contributed by atoms with Gasteiger partial charge in [0.15, 0.2) is 5.84 Å². The van der Waals surface area contributed by atoms with Crippen LogP contribution in [0.5, 0.6) is 5.75 Å². The molecule has 0 bridgehead atoms. The van der Waals surface area contributed by atoms with Crippen LogP contribution >= 0.6 is 0 Å². The van der Waals surface area contributed by atoms with Crippen molar-refractivity contribution in [1.82, 2.24) is 20.2 Å². The van der Waals surface area contributed by atoms with E-state index in [-0.39, 0.29) is 5.71 Å². The van der Waals surface area contributed by atoms with Crippen LogP contribution < -0.4 is 15.9 Å². The molecule has 1 heterocycles. The van der Waals surface area contributed by atoms with Crippen LogP contribution in [0, 0.1) is 16.7 Å². The Morgan fingerprint density at radius 3 is 2.90 bits per heavy atom. The molecule has 2 rings (SSSR count). The molecule has 0 spiro atoms. The molecule has 0 fully saturated rings. The largest absolute Gasteiger partial charge is 0.497 e. The number of nitrogens with zero attached hydrogens (tertiary/aromatic N) is 6. The Balaban J connectivity index is 2.34. The maximum atomic E-state index is 8.78. The third-order valence-corrected chi connectivity index (χ3v) is 2.40. The first-order valence-electron chi connectivity index (χ1n) is 5.64. The summed E-state index contributed by atoms with van der Waals surface area (Å²) in [5.74, 6) is 0.121. The average Bonchev–Trinajstić information content (AvgIpc) is 3.01. The number of ether oxygens (including phenoxy) is 1. The lowest BCUT2D eigenvalue weighted by molar-refractivity contribution is 0.414. The van der Waals surface area contributed by atoms with E-state index in [2.05, 4.69) is 26.1 Å². The molecule has 0 aliphatic heterocycles. The molecule has 0 radical (unpaired) electrons. The van der Waals surface area contributed by atoms with Gasteiger partial charge in [-0.05, 0) is 16.5 Å². The summed E-state index contributed by atoms with van der Waals surface area (Å²) >= 11 is 0. The molecule has 0 saturated carbocycles. The van der Waals surface area contributed by atoms with Crippen molar-refractivity contribution in [2.24, 2.45) is 10.8 Å². The number of nitrogens with two attached hydrogens (primary N) is 1. The molecule has 106 valence electrons. The van der Waals surface area contributed by atoms with Gasteiger partial charge in [0.05, 0.1) is 18.5 Å². The number of benzene rings is 1. The number of amidine groups is 1. The summed E-state index contributed by atoms with van der Waals surface area (Å²) in [6.45, 7) is 0. The number of methoxy groups -OCH3 is 1. The SMILES string of the molecule is COc1cc(N/N=C(\C#N)C(=N)N)cc(-n2cnnn2)c1. The number of nitrogens with one attached hydrogen (secondary N) is 2. The molecule has 2 aromatic rings. The average molecular weight is 285 g/mol. The van der Waals surface area contributed by atoms with E-state index < -0.39 is 5.84 Å². The van der Waals surface area contributed by atoms with Crippen molar-refractivity contribution in [2.45, 2.75) is 0 Å². The molecular formula is C11H11N9O. The van der Waals surface area contributed by atoms with Gasteiger partial charge in [0.25, 0.3) is 0 Å². The highest BCUT2D eigenvalue weighted by molar-refractivity contribution is 6.45. The number of hydrogen-bond donors (Lipinski definition) is 3. The van der Waals surface area contributed by atoms with E-state index in [0.717, 1.165) is 0 Å². The van der Waals surface area contributed by atoms with E-state index in [1.807, 2.05) is 0 Å². The van der Waals surface area contributed by atoms with Crippen LogP contribution in [-0.2, 0) is 0 Å². The van der Waals surface area contributed by atoms with Gasteiger partial charge in [-0.2, -0.15) is 10.4 Å². The molecular weight excluding hydrogens is 274 g/mol. The Kier molecular flexibility index (Phi) is 4.06. The van der Waals surface area contributed by atoms with Gasteiger partial charge in [-0.3, -0.25) is 10.8 Å². The number of anilines is 1. The maximum absolute atomic E-state index is 8.78. The van der Waals surface area contributed by atoms with Gasteiger partial charge < -0.3 is 10.5 Å². The summed E-state index contributed by atoms with van der Waals surface area (Å²) in [5.41, 5.74) is 8.78. The van der Waals surface area contributed by atoms with Gasteiger partial charge in [0.1, 0.15) is 18.1 Å². The quantitative estimate of drug-likeness (QED) is 0.394. The monoisotopic (exact) mass is 285 g/mol. The van der Waals surface area contributed by atoms with Crippen molar-refractivity contribution < 1.29 is 4.74 Å². The van der Waals surface area contributed by atoms with Crippen molar-refractivity contribution in [1.29, 1.82) is 10.7 Å². The predicted molar refractivity (Wildman–Crippen MR) is 74.3 cm³/mol. The fourth-order valence-corrected chi connectivity index (χ4v) is 1.44. The number of hydrogen-bond acceptors (Lipinski definition) is 8. The van der Waals surface area contributed by atoms with E-state index >= 15 is 0 Å². The van der Waals surface area contributed by atoms with Gasteiger partial charge in [-0.1, -0.05) is 0 Å². The van der Waals surface area contributed by atoms with Crippen molar-refractivity contribution >= 4 is 17.2 Å². The zero-order valence-electron chi connectivity index (χ0n) is 11.0. The first-order chi connectivity index (χ1) is 10.1. The van der Waals surface area contributed by atoms with Crippen molar-refractivity contribution in [3.63, 3.8) is 0 Å². The minimum atomic E-state index is -0.423. The number of nitriles is 1. The lowest BCUT2D eigenvalue weighted by Gasteiger charge is -2.08. The Morgan fingerprint density at radius 1 is 1.52 bits per heavy atom. The molecule has 0 aliphatic carbocycles. The smallest absolute Gasteiger partial charge is 0.201 e. The Bertz CT molecular complexity index is 714. The summed E-state index contributed by atoms with van der Waals surface area (Å²) in [5, 5.41) is 30.6. The highest BCUT2D eigenvalue weighted by atomic mass is 16.5. The number of aromatic nitrogens is 4. The first kappa shape index (κ1) is 13.9. The standard InChI is InChI=1S/C11H11N9O/c1-21-9-3-7(16-17-10(5-12)11(13)14)2-8(4-9)20-6-15-18-19-20/h2-4,6,16H,1H3,(H3,13,14)/b17-10+. The van der Waals surface area contributed by atoms with Crippen molar-refractivity contribution in [2.75, 3.05) is 12.5 Å². The van der Waals surface area contributed by atoms with Crippen LogP contribution in [-0.4, -0.2) is 38.9 Å². The second kappa shape index (κ2) is 6.11. The van der Waals surface area contributed by atoms with E-state index in [1.165, 1.54) is 18.1 Å². The summed E-state index contributed by atoms with van der Waals surface area (Å²) in [6.07, 6.45) is 1.43. The summed E-state index contributed by atoms with van der Waals surface area (Å²) < 4.78 is 6.61. The van der Waals surface area contributed by atoms with Gasteiger partial charge in [-0.15, -0.1) is 5.10 Å². The van der Waals surface area contributed by atoms with Crippen LogP contribution in [0.25, 0.3) is 5.69 Å². The van der Waals surface area contributed by atoms with Crippen LogP contribution in [0.1, 0.15) is 0 Å². The minimum absolute atomic E-state index is 0.221. The molecule has 0 atom stereocenters. The third-order valence-electron chi connectivity index (χ3n) is 2.40. The molecule has 1 aromatic heterocycles. The van der Waals surface area contributed by atoms with Crippen molar-refractivity contribution in [3.05, 3.63) is 24.5 Å². The minimum Gasteiger partial charge on any atom is -0.497 e. The fourth-order valence-electron chi connectivity index (χ4n) is 1.44. The second-order valence-electron chi connectivity index (χ2n) is 3.77. The van der Waals surface area contributed by atoms with Gasteiger partial charge in [0, 0.05) is 12.1 Å². The predicted octanol–water partition coefficient (Wildman–Crippen LogP) is -0.102. The maximum Gasteiger partial charge on any atom is 0.201 e. The van der Waals surface area contributed by atoms with E-state index in [0.29, 0.717) is 17.1 Å². The molecule has 0 aliphatic rings. The lowest BCUT2D eigenvalue weighted by Crippen LogP contribution is -2.21. The van der Waals surface area contributed by atoms with E-state index in [1.54, 1.807) is 24.3 Å².